The molecule has 4 nitrogen and oxygen atoms in total. The standard InChI is InChI=1S/C15H20BrN3O/c1-10(2)6-11(9-17)7-14-18-15(19-20-14)12-4-3-5-13(16)8-12/h3-5,8,10-11H,6-7,9,17H2,1-2H3/t11-/m0/s1. The zero-order valence-electron chi connectivity index (χ0n) is 11.8. The average molecular weight is 338 g/mol. The summed E-state index contributed by atoms with van der Waals surface area (Å²) in [6, 6.07) is 7.87. The molecular formula is C15H20BrN3O. The van der Waals surface area contributed by atoms with Gasteiger partial charge in [0.05, 0.1) is 0 Å². The summed E-state index contributed by atoms with van der Waals surface area (Å²) in [5, 5.41) is 4.05. The molecule has 0 saturated heterocycles. The van der Waals surface area contributed by atoms with Crippen molar-refractivity contribution in [1.82, 2.24) is 10.1 Å². The van der Waals surface area contributed by atoms with E-state index in [4.69, 9.17) is 10.3 Å². The molecule has 5 heteroatoms. The highest BCUT2D eigenvalue weighted by Crippen LogP contribution is 2.22. The maximum Gasteiger partial charge on any atom is 0.227 e. The third-order valence-corrected chi connectivity index (χ3v) is 3.65. The van der Waals surface area contributed by atoms with Crippen LogP contribution in [0.4, 0.5) is 0 Å². The van der Waals surface area contributed by atoms with E-state index in [9.17, 15) is 0 Å². The fraction of sp³-hybridized carbons (Fsp3) is 0.467. The van der Waals surface area contributed by atoms with E-state index in [1.807, 2.05) is 24.3 Å². The minimum atomic E-state index is 0.394. The molecule has 1 aromatic heterocycles. The number of aromatic nitrogens is 2. The van der Waals surface area contributed by atoms with E-state index in [0.717, 1.165) is 22.9 Å². The van der Waals surface area contributed by atoms with Crippen LogP contribution in [0.5, 0.6) is 0 Å². The number of benzene rings is 1. The first-order chi connectivity index (χ1) is 9.58. The molecule has 0 aliphatic rings. The lowest BCUT2D eigenvalue weighted by atomic mass is 9.94. The Morgan fingerprint density at radius 2 is 2.15 bits per heavy atom. The quantitative estimate of drug-likeness (QED) is 0.873. The van der Waals surface area contributed by atoms with Gasteiger partial charge in [-0.2, -0.15) is 4.98 Å². The molecule has 1 aromatic carbocycles. The normalized spacial score (nSPS) is 12.8. The summed E-state index contributed by atoms with van der Waals surface area (Å²) in [6.07, 6.45) is 1.82. The van der Waals surface area contributed by atoms with Crippen molar-refractivity contribution in [1.29, 1.82) is 0 Å². The number of hydrogen-bond acceptors (Lipinski definition) is 4. The number of rotatable bonds is 6. The summed E-state index contributed by atoms with van der Waals surface area (Å²) in [6.45, 7) is 5.04. The van der Waals surface area contributed by atoms with Crippen molar-refractivity contribution in [3.8, 4) is 11.4 Å². The summed E-state index contributed by atoms with van der Waals surface area (Å²) in [5.74, 6) is 2.31. The third kappa shape index (κ3) is 4.15. The van der Waals surface area contributed by atoms with Gasteiger partial charge in [0, 0.05) is 16.5 Å². The molecule has 108 valence electrons. The van der Waals surface area contributed by atoms with E-state index >= 15 is 0 Å². The lowest BCUT2D eigenvalue weighted by Gasteiger charge is -2.14. The van der Waals surface area contributed by atoms with E-state index in [2.05, 4.69) is 39.9 Å². The van der Waals surface area contributed by atoms with Crippen molar-refractivity contribution in [2.24, 2.45) is 17.6 Å². The van der Waals surface area contributed by atoms with Crippen LogP contribution in [0.1, 0.15) is 26.2 Å². The highest BCUT2D eigenvalue weighted by Gasteiger charge is 2.15. The Morgan fingerprint density at radius 3 is 2.80 bits per heavy atom. The summed E-state index contributed by atoms with van der Waals surface area (Å²) < 4.78 is 6.34. The van der Waals surface area contributed by atoms with E-state index in [-0.39, 0.29) is 0 Å². The van der Waals surface area contributed by atoms with Crippen molar-refractivity contribution in [3.05, 3.63) is 34.6 Å². The maximum absolute atomic E-state index is 5.81. The molecule has 0 radical (unpaired) electrons. The van der Waals surface area contributed by atoms with Crippen LogP contribution >= 0.6 is 15.9 Å². The molecule has 0 saturated carbocycles. The summed E-state index contributed by atoms with van der Waals surface area (Å²) in [4.78, 5) is 4.46. The zero-order chi connectivity index (χ0) is 14.5. The third-order valence-electron chi connectivity index (χ3n) is 3.15. The first-order valence-corrected chi connectivity index (χ1v) is 7.66. The number of halogens is 1. The van der Waals surface area contributed by atoms with Crippen molar-refractivity contribution >= 4 is 15.9 Å². The van der Waals surface area contributed by atoms with Gasteiger partial charge in [0.15, 0.2) is 0 Å². The molecule has 2 N–H and O–H groups in total. The molecule has 2 aromatic rings. The monoisotopic (exact) mass is 337 g/mol. The molecule has 0 bridgehead atoms. The van der Waals surface area contributed by atoms with Crippen molar-refractivity contribution < 1.29 is 4.52 Å². The molecule has 1 heterocycles. The van der Waals surface area contributed by atoms with Crippen molar-refractivity contribution in [2.45, 2.75) is 26.7 Å². The summed E-state index contributed by atoms with van der Waals surface area (Å²) in [7, 11) is 0. The van der Waals surface area contributed by atoms with E-state index in [0.29, 0.717) is 30.1 Å². The molecule has 0 aliphatic carbocycles. The fourth-order valence-corrected chi connectivity index (χ4v) is 2.66. The Balaban J connectivity index is 2.09. The Hall–Kier alpha value is -1.20. The largest absolute Gasteiger partial charge is 0.339 e. The van der Waals surface area contributed by atoms with Gasteiger partial charge in [0.25, 0.3) is 0 Å². The molecule has 20 heavy (non-hydrogen) atoms. The minimum Gasteiger partial charge on any atom is -0.339 e. The van der Waals surface area contributed by atoms with Gasteiger partial charge in [-0.05, 0) is 36.9 Å². The van der Waals surface area contributed by atoms with Crippen LogP contribution in [0.2, 0.25) is 0 Å². The van der Waals surface area contributed by atoms with E-state index in [1.54, 1.807) is 0 Å². The fourth-order valence-electron chi connectivity index (χ4n) is 2.26. The van der Waals surface area contributed by atoms with Gasteiger partial charge >= 0.3 is 0 Å². The molecule has 0 amide bonds. The average Bonchev–Trinajstić information content (AvgIpc) is 2.86. The lowest BCUT2D eigenvalue weighted by molar-refractivity contribution is 0.332. The SMILES string of the molecule is CC(C)C[C@H](CN)Cc1nc(-c2cccc(Br)c2)no1. The van der Waals surface area contributed by atoms with Crippen molar-refractivity contribution in [3.63, 3.8) is 0 Å². The number of nitrogens with two attached hydrogens (primary N) is 1. The first-order valence-electron chi connectivity index (χ1n) is 6.87. The molecule has 0 fully saturated rings. The zero-order valence-corrected chi connectivity index (χ0v) is 13.4. The Kier molecular flexibility index (Phi) is 5.31. The summed E-state index contributed by atoms with van der Waals surface area (Å²) in [5.41, 5.74) is 6.76. The Bertz CT molecular complexity index is 554. The Morgan fingerprint density at radius 1 is 1.35 bits per heavy atom. The van der Waals surface area contributed by atoms with Gasteiger partial charge in [-0.1, -0.05) is 47.1 Å². The van der Waals surface area contributed by atoms with E-state index < -0.39 is 0 Å². The van der Waals surface area contributed by atoms with Gasteiger partial charge in [-0.15, -0.1) is 0 Å². The van der Waals surface area contributed by atoms with Gasteiger partial charge in [-0.25, -0.2) is 0 Å². The van der Waals surface area contributed by atoms with Crippen LogP contribution in [0.3, 0.4) is 0 Å². The second-order valence-electron chi connectivity index (χ2n) is 5.46. The second kappa shape index (κ2) is 6.99. The Labute approximate surface area is 127 Å². The summed E-state index contributed by atoms with van der Waals surface area (Å²) >= 11 is 3.44. The van der Waals surface area contributed by atoms with Crippen molar-refractivity contribution in [2.75, 3.05) is 6.54 Å². The first kappa shape index (κ1) is 15.2. The van der Waals surface area contributed by atoms with Crippen LogP contribution in [0.25, 0.3) is 11.4 Å². The molecule has 0 spiro atoms. The molecule has 0 aliphatic heterocycles. The molecule has 0 unspecified atom stereocenters. The number of hydrogen-bond donors (Lipinski definition) is 1. The van der Waals surface area contributed by atoms with Crippen LogP contribution in [0.15, 0.2) is 33.3 Å². The lowest BCUT2D eigenvalue weighted by Crippen LogP contribution is -2.19. The van der Waals surface area contributed by atoms with Crippen LogP contribution in [-0.4, -0.2) is 16.7 Å². The predicted octanol–water partition coefficient (Wildman–Crippen LogP) is 3.66. The highest BCUT2D eigenvalue weighted by molar-refractivity contribution is 9.10. The molecular weight excluding hydrogens is 318 g/mol. The van der Waals surface area contributed by atoms with E-state index in [1.165, 1.54) is 0 Å². The van der Waals surface area contributed by atoms with Gasteiger partial charge in [0.2, 0.25) is 11.7 Å². The van der Waals surface area contributed by atoms with Gasteiger partial charge in [-0.3, -0.25) is 0 Å². The van der Waals surface area contributed by atoms with Gasteiger partial charge < -0.3 is 10.3 Å². The highest BCUT2D eigenvalue weighted by atomic mass is 79.9. The molecule has 1 atom stereocenters. The smallest absolute Gasteiger partial charge is 0.227 e. The minimum absolute atomic E-state index is 0.394. The van der Waals surface area contributed by atoms with Crippen LogP contribution in [0, 0.1) is 11.8 Å². The second-order valence-corrected chi connectivity index (χ2v) is 6.37. The topological polar surface area (TPSA) is 64.9 Å². The number of nitrogens with zero attached hydrogens (tertiary/aromatic N) is 2. The maximum atomic E-state index is 5.81. The molecule has 2 rings (SSSR count). The predicted molar refractivity (Wildman–Crippen MR) is 83.1 cm³/mol. The van der Waals surface area contributed by atoms with Gasteiger partial charge in [0.1, 0.15) is 0 Å². The van der Waals surface area contributed by atoms with Crippen LogP contribution < -0.4 is 5.73 Å². The van der Waals surface area contributed by atoms with Crippen LogP contribution in [-0.2, 0) is 6.42 Å².